The number of rotatable bonds is 2. The number of nitrogens with two attached hydrogens (primary N) is 1. The fraction of sp³-hybridized carbons (Fsp3) is 0.467. The molecule has 0 saturated carbocycles. The summed E-state index contributed by atoms with van der Waals surface area (Å²) in [5.74, 6) is 0.630. The second-order valence-electron chi connectivity index (χ2n) is 5.36. The summed E-state index contributed by atoms with van der Waals surface area (Å²) in [7, 11) is 0. The van der Waals surface area contributed by atoms with Crippen molar-refractivity contribution in [1.82, 2.24) is 10.2 Å². The van der Waals surface area contributed by atoms with Gasteiger partial charge in [0.2, 0.25) is 0 Å². The van der Waals surface area contributed by atoms with E-state index in [1.165, 1.54) is 23.9 Å². The van der Waals surface area contributed by atoms with Gasteiger partial charge in [-0.1, -0.05) is 25.1 Å². The molecule has 1 saturated heterocycles. The SMILES string of the molecule is CC1CCCN(c2cnnc3ccccc23)C1CN. The van der Waals surface area contributed by atoms with Gasteiger partial charge in [-0.25, -0.2) is 0 Å². The van der Waals surface area contributed by atoms with E-state index in [9.17, 15) is 0 Å². The van der Waals surface area contributed by atoms with E-state index in [1.807, 2.05) is 18.3 Å². The number of hydrogen-bond donors (Lipinski definition) is 1. The summed E-state index contributed by atoms with van der Waals surface area (Å²) in [5.41, 5.74) is 8.11. The second kappa shape index (κ2) is 5.13. The molecule has 2 N–H and O–H groups in total. The Kier molecular flexibility index (Phi) is 3.34. The number of piperidine rings is 1. The Hall–Kier alpha value is -1.68. The Morgan fingerprint density at radius 3 is 3.05 bits per heavy atom. The normalized spacial score (nSPS) is 23.8. The van der Waals surface area contributed by atoms with Crippen LogP contribution < -0.4 is 10.6 Å². The zero-order valence-corrected chi connectivity index (χ0v) is 11.3. The number of benzene rings is 1. The lowest BCUT2D eigenvalue weighted by atomic mass is 9.90. The van der Waals surface area contributed by atoms with Gasteiger partial charge in [0.1, 0.15) is 0 Å². The molecule has 1 aliphatic heterocycles. The molecular weight excluding hydrogens is 236 g/mol. The van der Waals surface area contributed by atoms with Crippen molar-refractivity contribution < 1.29 is 0 Å². The number of nitrogens with zero attached hydrogens (tertiary/aromatic N) is 3. The highest BCUT2D eigenvalue weighted by molar-refractivity contribution is 5.90. The predicted octanol–water partition coefficient (Wildman–Crippen LogP) is 2.19. The summed E-state index contributed by atoms with van der Waals surface area (Å²) in [4.78, 5) is 2.42. The fourth-order valence-corrected chi connectivity index (χ4v) is 3.13. The Morgan fingerprint density at radius 2 is 2.21 bits per heavy atom. The van der Waals surface area contributed by atoms with Gasteiger partial charge in [-0.3, -0.25) is 0 Å². The summed E-state index contributed by atoms with van der Waals surface area (Å²) < 4.78 is 0. The Labute approximate surface area is 113 Å². The number of fused-ring (bicyclic) bond motifs is 1. The number of hydrogen-bond acceptors (Lipinski definition) is 4. The molecule has 19 heavy (non-hydrogen) atoms. The molecule has 2 atom stereocenters. The maximum atomic E-state index is 5.99. The minimum absolute atomic E-state index is 0.404. The van der Waals surface area contributed by atoms with E-state index in [-0.39, 0.29) is 0 Å². The standard InChI is InChI=1S/C15H20N4/c1-11-5-4-8-19(14(11)9-16)15-10-17-18-13-7-3-2-6-12(13)15/h2-3,6-7,10-11,14H,4-5,8-9,16H2,1H3. The first-order valence-corrected chi connectivity index (χ1v) is 6.98. The molecule has 0 radical (unpaired) electrons. The molecule has 1 fully saturated rings. The summed E-state index contributed by atoms with van der Waals surface area (Å²) in [5, 5.41) is 9.52. The lowest BCUT2D eigenvalue weighted by Gasteiger charge is -2.41. The van der Waals surface area contributed by atoms with Gasteiger partial charge in [-0.05, 0) is 24.8 Å². The van der Waals surface area contributed by atoms with Crippen LogP contribution in [0.3, 0.4) is 0 Å². The average Bonchev–Trinajstić information content (AvgIpc) is 2.46. The van der Waals surface area contributed by atoms with Crippen LogP contribution in [0.5, 0.6) is 0 Å². The molecule has 0 amide bonds. The van der Waals surface area contributed by atoms with Crippen LogP contribution in [0.1, 0.15) is 19.8 Å². The van der Waals surface area contributed by atoms with Gasteiger partial charge in [0.25, 0.3) is 0 Å². The highest BCUT2D eigenvalue weighted by atomic mass is 15.2. The first kappa shape index (κ1) is 12.4. The molecule has 1 aliphatic rings. The van der Waals surface area contributed by atoms with Crippen LogP contribution in [0, 0.1) is 5.92 Å². The van der Waals surface area contributed by atoms with Gasteiger partial charge >= 0.3 is 0 Å². The molecule has 4 heteroatoms. The van der Waals surface area contributed by atoms with Crippen molar-refractivity contribution in [2.45, 2.75) is 25.8 Å². The van der Waals surface area contributed by atoms with Gasteiger partial charge < -0.3 is 10.6 Å². The first-order valence-electron chi connectivity index (χ1n) is 6.98. The molecule has 0 aliphatic carbocycles. The monoisotopic (exact) mass is 256 g/mol. The van der Waals surface area contributed by atoms with E-state index in [0.29, 0.717) is 18.5 Å². The third kappa shape index (κ3) is 2.16. The average molecular weight is 256 g/mol. The summed E-state index contributed by atoms with van der Waals surface area (Å²) in [6, 6.07) is 8.59. The summed E-state index contributed by atoms with van der Waals surface area (Å²) >= 11 is 0. The molecule has 1 aromatic carbocycles. The highest BCUT2D eigenvalue weighted by Crippen LogP contribution is 2.31. The highest BCUT2D eigenvalue weighted by Gasteiger charge is 2.28. The smallest absolute Gasteiger partial charge is 0.0950 e. The number of anilines is 1. The van der Waals surface area contributed by atoms with Gasteiger partial charge in [-0.15, -0.1) is 0 Å². The molecule has 4 nitrogen and oxygen atoms in total. The van der Waals surface area contributed by atoms with E-state index in [1.54, 1.807) is 0 Å². The fourth-order valence-electron chi connectivity index (χ4n) is 3.13. The lowest BCUT2D eigenvalue weighted by molar-refractivity contribution is 0.350. The van der Waals surface area contributed by atoms with Crippen molar-refractivity contribution in [3.05, 3.63) is 30.5 Å². The molecule has 2 unspecified atom stereocenters. The van der Waals surface area contributed by atoms with Gasteiger partial charge in [0.15, 0.2) is 0 Å². The van der Waals surface area contributed by atoms with Gasteiger partial charge in [0.05, 0.1) is 17.4 Å². The van der Waals surface area contributed by atoms with E-state index in [0.717, 1.165) is 12.1 Å². The minimum Gasteiger partial charge on any atom is -0.365 e. The van der Waals surface area contributed by atoms with Crippen LogP contribution in [-0.4, -0.2) is 29.3 Å². The molecule has 2 aromatic rings. The van der Waals surface area contributed by atoms with Crippen molar-refractivity contribution >= 4 is 16.6 Å². The molecule has 0 bridgehead atoms. The van der Waals surface area contributed by atoms with Gasteiger partial charge in [-0.2, -0.15) is 10.2 Å². The van der Waals surface area contributed by atoms with E-state index >= 15 is 0 Å². The van der Waals surface area contributed by atoms with Crippen molar-refractivity contribution in [2.75, 3.05) is 18.0 Å². The van der Waals surface area contributed by atoms with Crippen molar-refractivity contribution in [3.8, 4) is 0 Å². The summed E-state index contributed by atoms with van der Waals surface area (Å²) in [6.45, 7) is 4.04. The maximum absolute atomic E-state index is 5.99. The van der Waals surface area contributed by atoms with E-state index < -0.39 is 0 Å². The third-order valence-electron chi connectivity index (χ3n) is 4.19. The first-order chi connectivity index (χ1) is 9.31. The summed E-state index contributed by atoms with van der Waals surface area (Å²) in [6.07, 6.45) is 4.35. The molecule has 0 spiro atoms. The lowest BCUT2D eigenvalue weighted by Crippen LogP contribution is -2.48. The van der Waals surface area contributed by atoms with Crippen molar-refractivity contribution in [1.29, 1.82) is 0 Å². The van der Waals surface area contributed by atoms with Crippen molar-refractivity contribution in [3.63, 3.8) is 0 Å². The topological polar surface area (TPSA) is 55.0 Å². The third-order valence-corrected chi connectivity index (χ3v) is 4.19. The molecule has 100 valence electrons. The Morgan fingerprint density at radius 1 is 1.37 bits per heavy atom. The van der Waals surface area contributed by atoms with Crippen LogP contribution in [-0.2, 0) is 0 Å². The molecule has 2 heterocycles. The zero-order chi connectivity index (χ0) is 13.2. The Balaban J connectivity index is 2.07. The van der Waals surface area contributed by atoms with Crippen LogP contribution in [0.2, 0.25) is 0 Å². The van der Waals surface area contributed by atoms with E-state index in [4.69, 9.17) is 5.73 Å². The zero-order valence-electron chi connectivity index (χ0n) is 11.3. The maximum Gasteiger partial charge on any atom is 0.0950 e. The quantitative estimate of drug-likeness (QED) is 0.895. The van der Waals surface area contributed by atoms with Gasteiger partial charge in [0, 0.05) is 24.5 Å². The minimum atomic E-state index is 0.404. The van der Waals surface area contributed by atoms with Crippen LogP contribution in [0.4, 0.5) is 5.69 Å². The van der Waals surface area contributed by atoms with Crippen LogP contribution in [0.25, 0.3) is 10.9 Å². The largest absolute Gasteiger partial charge is 0.365 e. The molecule has 3 rings (SSSR count). The molecule has 1 aromatic heterocycles. The Bertz CT molecular complexity index is 564. The number of aromatic nitrogens is 2. The van der Waals surface area contributed by atoms with Crippen molar-refractivity contribution in [2.24, 2.45) is 11.7 Å². The van der Waals surface area contributed by atoms with E-state index in [2.05, 4.69) is 34.2 Å². The molecular formula is C15H20N4. The predicted molar refractivity (Wildman–Crippen MR) is 78.1 cm³/mol. The van der Waals surface area contributed by atoms with Crippen LogP contribution >= 0.6 is 0 Å². The van der Waals surface area contributed by atoms with Crippen LogP contribution in [0.15, 0.2) is 30.5 Å². The second-order valence-corrected chi connectivity index (χ2v) is 5.36.